The summed E-state index contributed by atoms with van der Waals surface area (Å²) in [4.78, 5) is 2.53. The summed E-state index contributed by atoms with van der Waals surface area (Å²) < 4.78 is 13.0. The quantitative estimate of drug-likeness (QED) is 0.862. The molecule has 1 fully saturated rings. The normalized spacial score (nSPS) is 17.8. The molecule has 1 saturated heterocycles. The number of rotatable bonds is 6. The molecule has 1 aliphatic heterocycles. The third kappa shape index (κ3) is 4.75. The van der Waals surface area contributed by atoms with E-state index in [0.717, 1.165) is 25.2 Å². The second kappa shape index (κ2) is 7.22. The van der Waals surface area contributed by atoms with Gasteiger partial charge in [0.1, 0.15) is 5.82 Å². The summed E-state index contributed by atoms with van der Waals surface area (Å²) in [7, 11) is 0. The van der Waals surface area contributed by atoms with Gasteiger partial charge < -0.3 is 10.2 Å². The Labute approximate surface area is 119 Å². The highest BCUT2D eigenvalue weighted by Gasteiger charge is 2.14. The van der Waals surface area contributed by atoms with Gasteiger partial charge in [0.05, 0.1) is 5.02 Å². The highest BCUT2D eigenvalue weighted by Crippen LogP contribution is 2.16. The van der Waals surface area contributed by atoms with Gasteiger partial charge >= 0.3 is 0 Å². The van der Waals surface area contributed by atoms with Gasteiger partial charge in [0.2, 0.25) is 0 Å². The summed E-state index contributed by atoms with van der Waals surface area (Å²) in [6, 6.07) is 4.89. The van der Waals surface area contributed by atoms with E-state index >= 15 is 0 Å². The topological polar surface area (TPSA) is 15.3 Å². The number of hydrogen-bond acceptors (Lipinski definition) is 2. The van der Waals surface area contributed by atoms with Crippen LogP contribution in [0.25, 0.3) is 0 Å². The minimum atomic E-state index is -0.354. The van der Waals surface area contributed by atoms with Crippen molar-refractivity contribution in [3.8, 4) is 0 Å². The van der Waals surface area contributed by atoms with E-state index in [4.69, 9.17) is 11.6 Å². The Morgan fingerprint density at radius 1 is 1.37 bits per heavy atom. The molecule has 0 aliphatic carbocycles. The Morgan fingerprint density at radius 3 is 2.79 bits per heavy atom. The smallest absolute Gasteiger partial charge is 0.141 e. The van der Waals surface area contributed by atoms with Gasteiger partial charge in [0.25, 0.3) is 0 Å². The fraction of sp³-hybridized carbons (Fsp3) is 0.600. The molecule has 0 saturated carbocycles. The number of nitrogens with one attached hydrogen (secondary N) is 1. The fourth-order valence-electron chi connectivity index (χ4n) is 2.58. The molecule has 1 unspecified atom stereocenters. The summed E-state index contributed by atoms with van der Waals surface area (Å²) in [5.41, 5.74) is 1.03. The first-order valence-electron chi connectivity index (χ1n) is 7.02. The average Bonchev–Trinajstić information content (AvgIpc) is 2.86. The molecule has 0 spiro atoms. The van der Waals surface area contributed by atoms with Gasteiger partial charge in [-0.15, -0.1) is 0 Å². The monoisotopic (exact) mass is 284 g/mol. The Morgan fingerprint density at radius 2 is 2.11 bits per heavy atom. The SMILES string of the molecule is CC(CNCc1ccc(F)c(Cl)c1)CN1CCCC1. The van der Waals surface area contributed by atoms with Gasteiger partial charge in [-0.3, -0.25) is 0 Å². The van der Waals surface area contributed by atoms with Crippen molar-refractivity contribution in [3.05, 3.63) is 34.6 Å². The van der Waals surface area contributed by atoms with Crippen LogP contribution in [0.4, 0.5) is 4.39 Å². The van der Waals surface area contributed by atoms with Gasteiger partial charge in [-0.05, 0) is 56.1 Å². The molecule has 0 bridgehead atoms. The van der Waals surface area contributed by atoms with Crippen LogP contribution < -0.4 is 5.32 Å². The van der Waals surface area contributed by atoms with E-state index in [1.165, 1.54) is 32.0 Å². The zero-order valence-electron chi connectivity index (χ0n) is 11.5. The number of hydrogen-bond donors (Lipinski definition) is 1. The van der Waals surface area contributed by atoms with Gasteiger partial charge in [0.15, 0.2) is 0 Å². The molecule has 2 rings (SSSR count). The van der Waals surface area contributed by atoms with Crippen molar-refractivity contribution in [2.45, 2.75) is 26.3 Å². The van der Waals surface area contributed by atoms with Crippen molar-refractivity contribution in [3.63, 3.8) is 0 Å². The summed E-state index contributed by atoms with van der Waals surface area (Å²) in [5, 5.41) is 3.61. The van der Waals surface area contributed by atoms with Gasteiger partial charge in [0, 0.05) is 13.1 Å². The molecule has 1 heterocycles. The van der Waals surface area contributed by atoms with Gasteiger partial charge in [-0.25, -0.2) is 4.39 Å². The van der Waals surface area contributed by atoms with E-state index < -0.39 is 0 Å². The molecule has 0 aromatic heterocycles. The molecule has 1 aromatic carbocycles. The number of likely N-dealkylation sites (tertiary alicyclic amines) is 1. The van der Waals surface area contributed by atoms with Crippen LogP contribution in [0.5, 0.6) is 0 Å². The lowest BCUT2D eigenvalue weighted by atomic mass is 10.1. The van der Waals surface area contributed by atoms with Gasteiger partial charge in [-0.1, -0.05) is 24.6 Å². The van der Waals surface area contributed by atoms with E-state index in [0.29, 0.717) is 5.92 Å². The molecule has 0 radical (unpaired) electrons. The second-order valence-electron chi connectivity index (χ2n) is 5.49. The first-order chi connectivity index (χ1) is 9.15. The van der Waals surface area contributed by atoms with E-state index in [1.54, 1.807) is 12.1 Å². The largest absolute Gasteiger partial charge is 0.312 e. The molecule has 0 amide bonds. The van der Waals surface area contributed by atoms with E-state index in [2.05, 4.69) is 17.1 Å². The predicted molar refractivity (Wildman–Crippen MR) is 78.0 cm³/mol. The molecular weight excluding hydrogens is 263 g/mol. The zero-order chi connectivity index (χ0) is 13.7. The summed E-state index contributed by atoms with van der Waals surface area (Å²) >= 11 is 5.76. The molecule has 4 heteroatoms. The standard InChI is InChI=1S/C15H22ClFN2/c1-12(11-19-6-2-3-7-19)9-18-10-13-4-5-15(17)14(16)8-13/h4-5,8,12,18H,2-3,6-7,9-11H2,1H3. The number of halogens is 2. The molecule has 2 nitrogen and oxygen atoms in total. The number of benzene rings is 1. The van der Waals surface area contributed by atoms with E-state index in [-0.39, 0.29) is 10.8 Å². The minimum Gasteiger partial charge on any atom is -0.312 e. The zero-order valence-corrected chi connectivity index (χ0v) is 12.2. The molecule has 1 atom stereocenters. The molecule has 1 aliphatic rings. The molecule has 19 heavy (non-hydrogen) atoms. The lowest BCUT2D eigenvalue weighted by molar-refractivity contribution is 0.282. The van der Waals surface area contributed by atoms with Crippen LogP contribution in [0.1, 0.15) is 25.3 Å². The van der Waals surface area contributed by atoms with Crippen molar-refractivity contribution in [1.29, 1.82) is 0 Å². The summed E-state index contributed by atoms with van der Waals surface area (Å²) in [6.45, 7) is 7.64. The van der Waals surface area contributed by atoms with Crippen molar-refractivity contribution in [2.24, 2.45) is 5.92 Å². The van der Waals surface area contributed by atoms with Crippen molar-refractivity contribution < 1.29 is 4.39 Å². The van der Waals surface area contributed by atoms with Crippen molar-refractivity contribution in [1.82, 2.24) is 10.2 Å². The van der Waals surface area contributed by atoms with Crippen LogP contribution in [0.15, 0.2) is 18.2 Å². The number of nitrogens with zero attached hydrogens (tertiary/aromatic N) is 1. The maximum absolute atomic E-state index is 13.0. The minimum absolute atomic E-state index is 0.199. The van der Waals surface area contributed by atoms with Crippen LogP contribution in [0, 0.1) is 11.7 Å². The summed E-state index contributed by atoms with van der Waals surface area (Å²) in [6.07, 6.45) is 2.68. The van der Waals surface area contributed by atoms with E-state index in [1.807, 2.05) is 0 Å². The third-order valence-electron chi connectivity index (χ3n) is 3.57. The Kier molecular flexibility index (Phi) is 5.61. The van der Waals surface area contributed by atoms with E-state index in [9.17, 15) is 4.39 Å². The second-order valence-corrected chi connectivity index (χ2v) is 5.90. The lowest BCUT2D eigenvalue weighted by Gasteiger charge is -2.20. The van der Waals surface area contributed by atoms with Crippen LogP contribution >= 0.6 is 11.6 Å². The van der Waals surface area contributed by atoms with Gasteiger partial charge in [-0.2, -0.15) is 0 Å². The Bertz CT molecular complexity index is 405. The first kappa shape index (κ1) is 14.8. The molecule has 1 aromatic rings. The van der Waals surface area contributed by atoms with Crippen LogP contribution in [0.3, 0.4) is 0 Å². The Balaban J connectivity index is 1.68. The van der Waals surface area contributed by atoms with Crippen LogP contribution in [0.2, 0.25) is 5.02 Å². The molecular formula is C15H22ClFN2. The van der Waals surface area contributed by atoms with Crippen molar-refractivity contribution in [2.75, 3.05) is 26.2 Å². The maximum Gasteiger partial charge on any atom is 0.141 e. The third-order valence-corrected chi connectivity index (χ3v) is 3.86. The maximum atomic E-state index is 13.0. The lowest BCUT2D eigenvalue weighted by Crippen LogP contribution is -2.31. The highest BCUT2D eigenvalue weighted by molar-refractivity contribution is 6.30. The first-order valence-corrected chi connectivity index (χ1v) is 7.40. The molecule has 1 N–H and O–H groups in total. The Hall–Kier alpha value is -0.640. The predicted octanol–water partition coefficient (Wildman–Crippen LogP) is 3.30. The van der Waals surface area contributed by atoms with Crippen molar-refractivity contribution >= 4 is 11.6 Å². The van der Waals surface area contributed by atoms with Crippen LogP contribution in [-0.2, 0) is 6.54 Å². The average molecular weight is 285 g/mol. The fourth-order valence-corrected chi connectivity index (χ4v) is 2.79. The summed E-state index contributed by atoms with van der Waals surface area (Å²) in [5.74, 6) is 0.279. The van der Waals surface area contributed by atoms with Crippen LogP contribution in [-0.4, -0.2) is 31.1 Å². The highest BCUT2D eigenvalue weighted by atomic mass is 35.5. The molecule has 106 valence electrons.